The standard InChI is InChI=1S/C31H29NO2.ClH/c1-34-31(33)27-14-12-23(13-15-27)7-6-20-32-21-18-26(19-22-32)30-28-10-4-2-8-24(28)16-17-25-9-3-5-11-29(25)30;/h2-17H,18-22H2,1H3;1H. The third-order valence-electron chi connectivity index (χ3n) is 6.72. The van der Waals surface area contributed by atoms with Crippen LogP contribution >= 0.6 is 12.4 Å². The van der Waals surface area contributed by atoms with E-state index >= 15 is 0 Å². The van der Waals surface area contributed by atoms with Crippen LogP contribution in [0.5, 0.6) is 0 Å². The molecular weight excluding hydrogens is 454 g/mol. The number of esters is 1. The summed E-state index contributed by atoms with van der Waals surface area (Å²) in [5, 5.41) is 0. The van der Waals surface area contributed by atoms with Crippen LogP contribution in [-0.2, 0) is 4.74 Å². The van der Waals surface area contributed by atoms with Gasteiger partial charge in [-0.2, -0.15) is 0 Å². The second-order valence-electron chi connectivity index (χ2n) is 8.80. The Hall–Kier alpha value is -3.40. The van der Waals surface area contributed by atoms with Gasteiger partial charge in [-0.25, -0.2) is 4.79 Å². The lowest BCUT2D eigenvalue weighted by Crippen LogP contribution is -2.31. The Morgan fingerprint density at radius 2 is 1.43 bits per heavy atom. The van der Waals surface area contributed by atoms with E-state index in [9.17, 15) is 4.79 Å². The van der Waals surface area contributed by atoms with Crippen molar-refractivity contribution in [1.82, 2.24) is 4.90 Å². The number of hydrogen-bond donors (Lipinski definition) is 0. The number of ether oxygens (including phenoxy) is 1. The lowest BCUT2D eigenvalue weighted by Gasteiger charge is -2.29. The molecule has 0 amide bonds. The Bertz CT molecular complexity index is 1230. The number of rotatable bonds is 4. The van der Waals surface area contributed by atoms with Crippen LogP contribution in [0.2, 0.25) is 0 Å². The lowest BCUT2D eigenvalue weighted by atomic mass is 9.86. The molecule has 0 bridgehead atoms. The molecule has 0 atom stereocenters. The van der Waals surface area contributed by atoms with Crippen molar-refractivity contribution in [3.8, 4) is 0 Å². The van der Waals surface area contributed by atoms with E-state index in [0.29, 0.717) is 5.56 Å². The minimum absolute atomic E-state index is 0. The first kappa shape index (κ1) is 24.7. The Labute approximate surface area is 213 Å². The second-order valence-corrected chi connectivity index (χ2v) is 8.80. The number of methoxy groups -OCH3 is 1. The van der Waals surface area contributed by atoms with Gasteiger partial charge in [0, 0.05) is 19.6 Å². The third kappa shape index (κ3) is 5.48. The van der Waals surface area contributed by atoms with E-state index in [2.05, 4.69) is 77.7 Å². The predicted octanol–water partition coefficient (Wildman–Crippen LogP) is 6.99. The largest absolute Gasteiger partial charge is 0.465 e. The van der Waals surface area contributed by atoms with Crippen molar-refractivity contribution in [3.63, 3.8) is 0 Å². The Balaban J connectivity index is 0.00000289. The molecule has 1 aliphatic carbocycles. The maximum absolute atomic E-state index is 11.6. The highest BCUT2D eigenvalue weighted by Gasteiger charge is 2.22. The fraction of sp³-hybridized carbons (Fsp3) is 0.194. The molecule has 5 rings (SSSR count). The van der Waals surface area contributed by atoms with Crippen molar-refractivity contribution in [2.75, 3.05) is 26.7 Å². The van der Waals surface area contributed by atoms with Crippen molar-refractivity contribution in [2.45, 2.75) is 12.8 Å². The van der Waals surface area contributed by atoms with E-state index in [-0.39, 0.29) is 18.4 Å². The van der Waals surface area contributed by atoms with E-state index < -0.39 is 0 Å². The summed E-state index contributed by atoms with van der Waals surface area (Å²) in [6.45, 7) is 3.04. The Morgan fingerprint density at radius 1 is 0.857 bits per heavy atom. The molecule has 1 heterocycles. The molecule has 0 radical (unpaired) electrons. The zero-order valence-corrected chi connectivity index (χ0v) is 20.8. The van der Waals surface area contributed by atoms with Crippen LogP contribution in [0.4, 0.5) is 0 Å². The molecule has 1 saturated heterocycles. The molecule has 178 valence electrons. The number of piperidine rings is 1. The van der Waals surface area contributed by atoms with E-state index in [1.807, 2.05) is 24.3 Å². The molecule has 3 aromatic carbocycles. The zero-order chi connectivity index (χ0) is 23.3. The molecule has 3 nitrogen and oxygen atoms in total. The highest BCUT2D eigenvalue weighted by molar-refractivity contribution is 5.95. The molecule has 2 aliphatic rings. The van der Waals surface area contributed by atoms with Crippen molar-refractivity contribution >= 4 is 42.2 Å². The van der Waals surface area contributed by atoms with Crippen LogP contribution in [0.3, 0.4) is 0 Å². The monoisotopic (exact) mass is 483 g/mol. The number of carbonyl (C=O) groups excluding carboxylic acids is 1. The normalized spacial score (nSPS) is 15.2. The van der Waals surface area contributed by atoms with Crippen molar-refractivity contribution < 1.29 is 9.53 Å². The minimum Gasteiger partial charge on any atom is -0.465 e. The average Bonchev–Trinajstić information content (AvgIpc) is 3.06. The summed E-state index contributed by atoms with van der Waals surface area (Å²) >= 11 is 0. The SMILES string of the molecule is COC(=O)c1ccc(C=CCN2CCC(=C3c4ccccc4C=Cc4ccccc43)CC2)cc1.Cl. The molecular formula is C31H30ClNO2. The van der Waals surface area contributed by atoms with Gasteiger partial charge in [0.25, 0.3) is 0 Å². The molecule has 35 heavy (non-hydrogen) atoms. The zero-order valence-electron chi connectivity index (χ0n) is 19.9. The first-order valence-electron chi connectivity index (χ1n) is 11.9. The molecule has 0 N–H and O–H groups in total. The van der Waals surface area contributed by atoms with Crippen LogP contribution in [-0.4, -0.2) is 37.6 Å². The third-order valence-corrected chi connectivity index (χ3v) is 6.72. The average molecular weight is 484 g/mol. The number of likely N-dealkylation sites (tertiary alicyclic amines) is 1. The molecule has 0 spiro atoms. The van der Waals surface area contributed by atoms with E-state index in [0.717, 1.165) is 38.0 Å². The van der Waals surface area contributed by atoms with Crippen LogP contribution in [0.1, 0.15) is 51.0 Å². The lowest BCUT2D eigenvalue weighted by molar-refractivity contribution is 0.0600. The van der Waals surface area contributed by atoms with Gasteiger partial charge in [0.05, 0.1) is 12.7 Å². The second kappa shape index (κ2) is 11.4. The van der Waals surface area contributed by atoms with Gasteiger partial charge < -0.3 is 4.74 Å². The summed E-state index contributed by atoms with van der Waals surface area (Å²) in [7, 11) is 1.40. The molecule has 1 fully saturated rings. The van der Waals surface area contributed by atoms with Gasteiger partial charge in [-0.1, -0.05) is 90.5 Å². The van der Waals surface area contributed by atoms with Gasteiger partial charge in [-0.3, -0.25) is 4.90 Å². The summed E-state index contributed by atoms with van der Waals surface area (Å²) in [4.78, 5) is 14.1. The van der Waals surface area contributed by atoms with E-state index in [1.165, 1.54) is 34.9 Å². The number of fused-ring (bicyclic) bond motifs is 2. The number of nitrogens with zero attached hydrogens (tertiary/aromatic N) is 1. The first-order valence-corrected chi connectivity index (χ1v) is 11.9. The van der Waals surface area contributed by atoms with Crippen molar-refractivity contribution in [3.05, 3.63) is 118 Å². The maximum Gasteiger partial charge on any atom is 0.337 e. The number of benzene rings is 3. The summed E-state index contributed by atoms with van der Waals surface area (Å²) in [5.74, 6) is -0.302. The summed E-state index contributed by atoms with van der Waals surface area (Å²) < 4.78 is 4.76. The maximum atomic E-state index is 11.6. The fourth-order valence-electron chi connectivity index (χ4n) is 4.89. The van der Waals surface area contributed by atoms with Crippen LogP contribution in [0.25, 0.3) is 23.8 Å². The molecule has 0 aromatic heterocycles. The van der Waals surface area contributed by atoms with Gasteiger partial charge in [0.1, 0.15) is 0 Å². The summed E-state index contributed by atoms with van der Waals surface area (Å²) in [6, 6.07) is 25.1. The van der Waals surface area contributed by atoms with Crippen LogP contribution in [0.15, 0.2) is 84.4 Å². The van der Waals surface area contributed by atoms with Crippen molar-refractivity contribution in [2.24, 2.45) is 0 Å². The minimum atomic E-state index is -0.302. The van der Waals surface area contributed by atoms with E-state index in [4.69, 9.17) is 4.74 Å². The van der Waals surface area contributed by atoms with Crippen molar-refractivity contribution in [1.29, 1.82) is 0 Å². The van der Waals surface area contributed by atoms with Crippen LogP contribution < -0.4 is 0 Å². The number of halogens is 1. The molecule has 0 unspecified atom stereocenters. The van der Waals surface area contributed by atoms with E-state index in [1.54, 1.807) is 5.57 Å². The molecule has 1 aliphatic heterocycles. The molecule has 0 saturated carbocycles. The molecule has 4 heteroatoms. The smallest absolute Gasteiger partial charge is 0.337 e. The van der Waals surface area contributed by atoms with Gasteiger partial charge in [0.15, 0.2) is 0 Å². The summed E-state index contributed by atoms with van der Waals surface area (Å²) in [6.07, 6.45) is 11.0. The topological polar surface area (TPSA) is 29.5 Å². The first-order chi connectivity index (χ1) is 16.7. The number of hydrogen-bond acceptors (Lipinski definition) is 3. The number of carbonyl (C=O) groups is 1. The molecule has 3 aromatic rings. The van der Waals surface area contributed by atoms with Gasteiger partial charge in [0.2, 0.25) is 0 Å². The summed E-state index contributed by atoms with van der Waals surface area (Å²) in [5.41, 5.74) is 9.94. The fourth-order valence-corrected chi connectivity index (χ4v) is 4.89. The quantitative estimate of drug-likeness (QED) is 0.293. The predicted molar refractivity (Wildman–Crippen MR) is 148 cm³/mol. The Morgan fingerprint density at radius 3 is 2.00 bits per heavy atom. The van der Waals surface area contributed by atoms with Gasteiger partial charge in [-0.05, 0) is 58.4 Å². The van der Waals surface area contributed by atoms with Crippen LogP contribution in [0, 0.1) is 0 Å². The van der Waals surface area contributed by atoms with Gasteiger partial charge >= 0.3 is 5.97 Å². The highest BCUT2D eigenvalue weighted by atomic mass is 35.5. The highest BCUT2D eigenvalue weighted by Crippen LogP contribution is 2.38. The van der Waals surface area contributed by atoms with Gasteiger partial charge in [-0.15, -0.1) is 12.4 Å². The Kier molecular flexibility index (Phi) is 8.02.